The quantitative estimate of drug-likeness (QED) is 0.708. The van der Waals surface area contributed by atoms with E-state index in [0.29, 0.717) is 12.8 Å². The van der Waals surface area contributed by atoms with Gasteiger partial charge in [0.1, 0.15) is 5.60 Å². The molecule has 1 aliphatic heterocycles. The molecule has 0 amide bonds. The molecule has 94 valence electrons. The van der Waals surface area contributed by atoms with E-state index in [1.165, 1.54) is 0 Å². The Kier molecular flexibility index (Phi) is 3.11. The largest absolute Gasteiger partial charge is 0.454 e. The van der Waals surface area contributed by atoms with Crippen LogP contribution in [-0.2, 0) is 14.3 Å². The molecule has 17 heavy (non-hydrogen) atoms. The highest BCUT2D eigenvalue weighted by atomic mass is 16.6. The Morgan fingerprint density at radius 3 is 2.59 bits per heavy atom. The summed E-state index contributed by atoms with van der Waals surface area (Å²) in [4.78, 5) is 23.7. The van der Waals surface area contributed by atoms with Crippen molar-refractivity contribution in [1.82, 2.24) is 0 Å². The molecule has 0 radical (unpaired) electrons. The molecule has 0 aromatic carbocycles. The summed E-state index contributed by atoms with van der Waals surface area (Å²) >= 11 is 0. The molecule has 1 fully saturated rings. The fourth-order valence-corrected chi connectivity index (χ4v) is 3.11. The van der Waals surface area contributed by atoms with Crippen molar-refractivity contribution in [3.05, 3.63) is 11.1 Å². The fourth-order valence-electron chi connectivity index (χ4n) is 3.11. The lowest BCUT2D eigenvalue weighted by Crippen LogP contribution is -2.38. The SMILES string of the molecule is CCCCC1C(=O)C(C)=C(C)C12CCC(=O)O2. The first-order valence-corrected chi connectivity index (χ1v) is 6.47. The van der Waals surface area contributed by atoms with E-state index in [1.807, 2.05) is 13.8 Å². The summed E-state index contributed by atoms with van der Waals surface area (Å²) < 4.78 is 5.55. The lowest BCUT2D eigenvalue weighted by molar-refractivity contribution is -0.150. The topological polar surface area (TPSA) is 43.4 Å². The average Bonchev–Trinajstić information content (AvgIpc) is 2.76. The van der Waals surface area contributed by atoms with Crippen LogP contribution >= 0.6 is 0 Å². The first-order valence-electron chi connectivity index (χ1n) is 6.47. The van der Waals surface area contributed by atoms with Crippen molar-refractivity contribution in [2.75, 3.05) is 0 Å². The minimum absolute atomic E-state index is 0.131. The van der Waals surface area contributed by atoms with Crippen molar-refractivity contribution in [2.45, 2.75) is 58.5 Å². The van der Waals surface area contributed by atoms with Gasteiger partial charge in [0.25, 0.3) is 0 Å². The van der Waals surface area contributed by atoms with E-state index in [4.69, 9.17) is 4.74 Å². The number of allylic oxidation sites excluding steroid dienone is 1. The normalized spacial score (nSPS) is 32.8. The second-order valence-electron chi connectivity index (χ2n) is 5.17. The summed E-state index contributed by atoms with van der Waals surface area (Å²) in [6.07, 6.45) is 4.02. The lowest BCUT2D eigenvalue weighted by Gasteiger charge is -2.30. The third kappa shape index (κ3) is 1.72. The van der Waals surface area contributed by atoms with E-state index in [9.17, 15) is 9.59 Å². The van der Waals surface area contributed by atoms with Crippen LogP contribution in [-0.4, -0.2) is 17.4 Å². The smallest absolute Gasteiger partial charge is 0.306 e. The van der Waals surface area contributed by atoms with E-state index in [2.05, 4.69) is 6.92 Å². The van der Waals surface area contributed by atoms with Gasteiger partial charge in [0, 0.05) is 12.8 Å². The number of esters is 1. The van der Waals surface area contributed by atoms with Gasteiger partial charge in [-0.15, -0.1) is 0 Å². The molecule has 0 saturated carbocycles. The molecule has 3 heteroatoms. The number of Topliss-reactive ketones (excluding diaryl/α,β-unsaturated/α-hetero) is 1. The number of carbonyl (C=O) groups excluding carboxylic acids is 2. The second kappa shape index (κ2) is 4.28. The molecule has 1 saturated heterocycles. The first-order chi connectivity index (χ1) is 8.03. The molecular weight excluding hydrogens is 216 g/mol. The zero-order chi connectivity index (χ0) is 12.6. The van der Waals surface area contributed by atoms with Crippen LogP contribution in [0.25, 0.3) is 0 Å². The van der Waals surface area contributed by atoms with Crippen LogP contribution < -0.4 is 0 Å². The number of hydrogen-bond donors (Lipinski definition) is 0. The van der Waals surface area contributed by atoms with Gasteiger partial charge in [-0.05, 0) is 31.4 Å². The Labute approximate surface area is 102 Å². The third-order valence-corrected chi connectivity index (χ3v) is 4.29. The van der Waals surface area contributed by atoms with E-state index >= 15 is 0 Å². The number of rotatable bonds is 3. The number of hydrogen-bond acceptors (Lipinski definition) is 3. The van der Waals surface area contributed by atoms with Crippen molar-refractivity contribution >= 4 is 11.8 Å². The molecule has 3 nitrogen and oxygen atoms in total. The molecule has 0 aromatic heterocycles. The molecule has 1 heterocycles. The van der Waals surface area contributed by atoms with Gasteiger partial charge in [-0.3, -0.25) is 9.59 Å². The van der Waals surface area contributed by atoms with Gasteiger partial charge >= 0.3 is 5.97 Å². The van der Waals surface area contributed by atoms with Crippen LogP contribution in [0.1, 0.15) is 52.9 Å². The Morgan fingerprint density at radius 2 is 2.06 bits per heavy atom. The van der Waals surface area contributed by atoms with Gasteiger partial charge in [-0.25, -0.2) is 0 Å². The maximum Gasteiger partial charge on any atom is 0.306 e. The zero-order valence-electron chi connectivity index (χ0n) is 10.8. The minimum Gasteiger partial charge on any atom is -0.454 e. The number of carbonyl (C=O) groups is 2. The third-order valence-electron chi connectivity index (χ3n) is 4.29. The van der Waals surface area contributed by atoms with Crippen molar-refractivity contribution in [1.29, 1.82) is 0 Å². The number of ether oxygens (including phenoxy) is 1. The van der Waals surface area contributed by atoms with E-state index in [0.717, 1.165) is 30.4 Å². The molecule has 2 atom stereocenters. The second-order valence-corrected chi connectivity index (χ2v) is 5.17. The standard InChI is InChI=1S/C14H20O3/c1-4-5-6-11-13(16)9(2)10(3)14(11)8-7-12(15)17-14/h11H,4-8H2,1-3H3. The summed E-state index contributed by atoms with van der Waals surface area (Å²) in [6.45, 7) is 5.91. The van der Waals surface area contributed by atoms with E-state index < -0.39 is 5.60 Å². The minimum atomic E-state index is -0.590. The molecule has 0 N–H and O–H groups in total. The lowest BCUT2D eigenvalue weighted by atomic mass is 9.80. The van der Waals surface area contributed by atoms with Crippen molar-refractivity contribution in [2.24, 2.45) is 5.92 Å². The van der Waals surface area contributed by atoms with Crippen LogP contribution in [0.4, 0.5) is 0 Å². The van der Waals surface area contributed by atoms with Crippen LogP contribution in [0.2, 0.25) is 0 Å². The molecule has 2 aliphatic rings. The van der Waals surface area contributed by atoms with Gasteiger partial charge < -0.3 is 4.74 Å². The van der Waals surface area contributed by atoms with E-state index in [1.54, 1.807) is 0 Å². The predicted molar refractivity (Wildman–Crippen MR) is 64.5 cm³/mol. The van der Waals surface area contributed by atoms with Crippen molar-refractivity contribution < 1.29 is 14.3 Å². The predicted octanol–water partition coefficient (Wildman–Crippen LogP) is 2.79. The van der Waals surface area contributed by atoms with Crippen LogP contribution in [0, 0.1) is 5.92 Å². The summed E-state index contributed by atoms with van der Waals surface area (Å²) in [5.41, 5.74) is 1.20. The van der Waals surface area contributed by atoms with Crippen LogP contribution in [0.15, 0.2) is 11.1 Å². The highest BCUT2D eigenvalue weighted by Gasteiger charge is 2.55. The molecule has 1 aliphatic carbocycles. The summed E-state index contributed by atoms with van der Waals surface area (Å²) in [6, 6.07) is 0. The Morgan fingerprint density at radius 1 is 1.35 bits per heavy atom. The first kappa shape index (κ1) is 12.3. The summed E-state index contributed by atoms with van der Waals surface area (Å²) in [5.74, 6) is -0.104. The van der Waals surface area contributed by atoms with Gasteiger partial charge in [0.05, 0.1) is 5.92 Å². The zero-order valence-corrected chi connectivity index (χ0v) is 10.8. The summed E-state index contributed by atoms with van der Waals surface area (Å²) in [5, 5.41) is 0. The summed E-state index contributed by atoms with van der Waals surface area (Å²) in [7, 11) is 0. The van der Waals surface area contributed by atoms with Crippen LogP contribution in [0.3, 0.4) is 0 Å². The molecule has 2 rings (SSSR count). The average molecular weight is 236 g/mol. The Balaban J connectivity index is 2.32. The Bertz CT molecular complexity index is 394. The van der Waals surface area contributed by atoms with Crippen molar-refractivity contribution in [3.63, 3.8) is 0 Å². The molecule has 0 aromatic rings. The van der Waals surface area contributed by atoms with Crippen molar-refractivity contribution in [3.8, 4) is 0 Å². The number of unbranched alkanes of at least 4 members (excludes halogenated alkanes) is 1. The molecular formula is C14H20O3. The van der Waals surface area contributed by atoms with Crippen LogP contribution in [0.5, 0.6) is 0 Å². The van der Waals surface area contributed by atoms with Gasteiger partial charge in [0.15, 0.2) is 5.78 Å². The Hall–Kier alpha value is -1.12. The fraction of sp³-hybridized carbons (Fsp3) is 0.714. The maximum absolute atomic E-state index is 12.2. The monoisotopic (exact) mass is 236 g/mol. The molecule has 2 unspecified atom stereocenters. The van der Waals surface area contributed by atoms with E-state index in [-0.39, 0.29) is 17.7 Å². The molecule has 0 bridgehead atoms. The van der Waals surface area contributed by atoms with Gasteiger partial charge in [-0.2, -0.15) is 0 Å². The maximum atomic E-state index is 12.2. The number of ketones is 1. The van der Waals surface area contributed by atoms with Gasteiger partial charge in [-0.1, -0.05) is 19.8 Å². The highest BCUT2D eigenvalue weighted by Crippen LogP contribution is 2.49. The molecule has 1 spiro atoms. The van der Waals surface area contributed by atoms with Gasteiger partial charge in [0.2, 0.25) is 0 Å². The highest BCUT2D eigenvalue weighted by molar-refractivity contribution is 6.02.